The van der Waals surface area contributed by atoms with Crippen LogP contribution in [0, 0.1) is 5.92 Å². The molecule has 0 radical (unpaired) electrons. The standard InChI is InChI=1S/C16H13Cl2NO2/c1-21-16(20)13-8-12(13)10-4-2-9(3-5-10)11-6-14(17)19-15(18)7-11/h2-7,12-13H,8H2,1H3. The summed E-state index contributed by atoms with van der Waals surface area (Å²) in [5, 5.41) is 0.740. The minimum absolute atomic E-state index is 0.00524. The highest BCUT2D eigenvalue weighted by atomic mass is 35.5. The Labute approximate surface area is 132 Å². The smallest absolute Gasteiger partial charge is 0.309 e. The number of aromatic nitrogens is 1. The number of hydrogen-bond acceptors (Lipinski definition) is 3. The highest BCUT2D eigenvalue weighted by Gasteiger charge is 2.44. The number of hydrogen-bond donors (Lipinski definition) is 0. The summed E-state index contributed by atoms with van der Waals surface area (Å²) in [6.07, 6.45) is 0.860. The molecule has 0 spiro atoms. The Balaban J connectivity index is 1.80. The summed E-state index contributed by atoms with van der Waals surface area (Å²) in [4.78, 5) is 15.4. The van der Waals surface area contributed by atoms with Crippen molar-refractivity contribution in [3.63, 3.8) is 0 Å². The van der Waals surface area contributed by atoms with E-state index in [4.69, 9.17) is 27.9 Å². The van der Waals surface area contributed by atoms with Crippen molar-refractivity contribution in [2.45, 2.75) is 12.3 Å². The Morgan fingerprint density at radius 2 is 1.76 bits per heavy atom. The number of nitrogens with zero attached hydrogens (tertiary/aromatic N) is 1. The van der Waals surface area contributed by atoms with Gasteiger partial charge in [-0.05, 0) is 41.2 Å². The molecule has 1 aromatic heterocycles. The van der Waals surface area contributed by atoms with Crippen molar-refractivity contribution in [1.29, 1.82) is 0 Å². The van der Waals surface area contributed by atoms with Crippen molar-refractivity contribution in [3.05, 3.63) is 52.3 Å². The molecule has 0 amide bonds. The first-order chi connectivity index (χ1) is 10.1. The number of methoxy groups -OCH3 is 1. The van der Waals surface area contributed by atoms with Gasteiger partial charge in [-0.25, -0.2) is 4.98 Å². The first kappa shape index (κ1) is 14.4. The molecule has 2 aromatic rings. The molecule has 2 unspecified atom stereocenters. The van der Waals surface area contributed by atoms with Crippen LogP contribution >= 0.6 is 23.2 Å². The van der Waals surface area contributed by atoms with E-state index in [2.05, 4.69) is 4.98 Å². The molecular weight excluding hydrogens is 309 g/mol. The van der Waals surface area contributed by atoms with E-state index >= 15 is 0 Å². The highest BCUT2D eigenvalue weighted by Crippen LogP contribution is 2.48. The zero-order chi connectivity index (χ0) is 15.0. The van der Waals surface area contributed by atoms with Gasteiger partial charge in [-0.2, -0.15) is 0 Å². The lowest BCUT2D eigenvalue weighted by Crippen LogP contribution is -2.03. The molecule has 3 nitrogen and oxygen atoms in total. The molecule has 108 valence electrons. The number of benzene rings is 1. The third-order valence-electron chi connectivity index (χ3n) is 3.73. The van der Waals surface area contributed by atoms with Gasteiger partial charge in [0.05, 0.1) is 13.0 Å². The maximum atomic E-state index is 11.5. The summed E-state index contributed by atoms with van der Waals surface area (Å²) in [5.41, 5.74) is 3.09. The molecule has 0 N–H and O–H groups in total. The molecular formula is C16H13Cl2NO2. The Bertz CT molecular complexity index is 665. The normalized spacial score (nSPS) is 20.1. The summed E-state index contributed by atoms with van der Waals surface area (Å²) in [6.45, 7) is 0. The maximum absolute atomic E-state index is 11.5. The third kappa shape index (κ3) is 3.04. The third-order valence-corrected chi connectivity index (χ3v) is 4.12. The van der Waals surface area contributed by atoms with Gasteiger partial charge in [0.2, 0.25) is 0 Å². The average molecular weight is 322 g/mol. The van der Waals surface area contributed by atoms with E-state index in [0.29, 0.717) is 10.3 Å². The zero-order valence-corrected chi connectivity index (χ0v) is 12.9. The van der Waals surface area contributed by atoms with E-state index in [1.165, 1.54) is 7.11 Å². The summed E-state index contributed by atoms with van der Waals surface area (Å²) >= 11 is 11.8. The van der Waals surface area contributed by atoms with E-state index < -0.39 is 0 Å². The van der Waals surface area contributed by atoms with Crippen LogP contribution in [0.25, 0.3) is 11.1 Å². The molecule has 1 saturated carbocycles. The van der Waals surface area contributed by atoms with E-state index in [1.807, 2.05) is 24.3 Å². The largest absolute Gasteiger partial charge is 0.469 e. The molecule has 1 aliphatic rings. The van der Waals surface area contributed by atoms with Crippen LogP contribution in [0.15, 0.2) is 36.4 Å². The van der Waals surface area contributed by atoms with Crippen LogP contribution in [0.3, 0.4) is 0 Å². The summed E-state index contributed by atoms with van der Waals surface area (Å²) in [7, 11) is 1.43. The molecule has 0 aliphatic heterocycles. The number of carbonyl (C=O) groups is 1. The quantitative estimate of drug-likeness (QED) is 0.623. The van der Waals surface area contributed by atoms with Gasteiger partial charge in [-0.1, -0.05) is 47.5 Å². The molecule has 0 saturated heterocycles. The van der Waals surface area contributed by atoms with Gasteiger partial charge in [0, 0.05) is 0 Å². The van der Waals surface area contributed by atoms with Crippen LogP contribution in [-0.4, -0.2) is 18.1 Å². The zero-order valence-electron chi connectivity index (χ0n) is 11.3. The molecule has 1 heterocycles. The van der Waals surface area contributed by atoms with E-state index in [0.717, 1.165) is 23.1 Å². The van der Waals surface area contributed by atoms with Crippen LogP contribution in [0.5, 0.6) is 0 Å². The fourth-order valence-electron chi connectivity index (χ4n) is 2.53. The van der Waals surface area contributed by atoms with Crippen molar-refractivity contribution in [2.24, 2.45) is 5.92 Å². The number of ether oxygens (including phenoxy) is 1. The van der Waals surface area contributed by atoms with Crippen LogP contribution < -0.4 is 0 Å². The molecule has 21 heavy (non-hydrogen) atoms. The van der Waals surface area contributed by atoms with Crippen LogP contribution in [0.4, 0.5) is 0 Å². The van der Waals surface area contributed by atoms with Gasteiger partial charge in [0.15, 0.2) is 0 Å². The molecule has 3 rings (SSSR count). The highest BCUT2D eigenvalue weighted by molar-refractivity contribution is 6.32. The van der Waals surface area contributed by atoms with Gasteiger partial charge >= 0.3 is 5.97 Å². The Kier molecular flexibility index (Phi) is 3.87. The van der Waals surface area contributed by atoms with Crippen molar-refractivity contribution in [2.75, 3.05) is 7.11 Å². The summed E-state index contributed by atoms with van der Waals surface area (Å²) < 4.78 is 4.77. The Morgan fingerprint density at radius 3 is 2.33 bits per heavy atom. The molecule has 1 aliphatic carbocycles. The number of rotatable bonds is 3. The monoisotopic (exact) mass is 321 g/mol. The summed E-state index contributed by atoms with van der Waals surface area (Å²) in [5.74, 6) is 0.151. The minimum atomic E-state index is -0.128. The van der Waals surface area contributed by atoms with Crippen LogP contribution in [0.1, 0.15) is 17.9 Å². The average Bonchev–Trinajstić information content (AvgIpc) is 3.26. The SMILES string of the molecule is COC(=O)C1CC1c1ccc(-c2cc(Cl)nc(Cl)c2)cc1. The molecule has 5 heteroatoms. The summed E-state index contributed by atoms with van der Waals surface area (Å²) in [6, 6.07) is 11.6. The first-order valence-corrected chi connectivity index (χ1v) is 7.35. The second-order valence-electron chi connectivity index (χ2n) is 5.10. The van der Waals surface area contributed by atoms with Crippen molar-refractivity contribution in [3.8, 4) is 11.1 Å². The fraction of sp³-hybridized carbons (Fsp3) is 0.250. The Hall–Kier alpha value is -1.58. The molecule has 1 fully saturated rings. The Morgan fingerprint density at radius 1 is 1.14 bits per heavy atom. The van der Waals surface area contributed by atoms with Gasteiger partial charge in [-0.15, -0.1) is 0 Å². The predicted octanol–water partition coefficient (Wildman–Crippen LogP) is 4.33. The molecule has 0 bridgehead atoms. The van der Waals surface area contributed by atoms with Gasteiger partial charge in [-0.3, -0.25) is 4.79 Å². The second kappa shape index (κ2) is 5.66. The van der Waals surface area contributed by atoms with E-state index in [-0.39, 0.29) is 17.8 Å². The van der Waals surface area contributed by atoms with E-state index in [9.17, 15) is 4.79 Å². The lowest BCUT2D eigenvalue weighted by Gasteiger charge is -2.05. The van der Waals surface area contributed by atoms with Crippen LogP contribution in [0.2, 0.25) is 10.3 Å². The van der Waals surface area contributed by atoms with E-state index in [1.54, 1.807) is 12.1 Å². The van der Waals surface area contributed by atoms with Crippen LogP contribution in [-0.2, 0) is 9.53 Å². The number of halogens is 2. The molecule has 1 aromatic carbocycles. The number of pyridine rings is 1. The topological polar surface area (TPSA) is 39.2 Å². The van der Waals surface area contributed by atoms with Crippen molar-refractivity contribution < 1.29 is 9.53 Å². The fourth-order valence-corrected chi connectivity index (χ4v) is 2.99. The lowest BCUT2D eigenvalue weighted by molar-refractivity contribution is -0.142. The predicted molar refractivity (Wildman–Crippen MR) is 82.6 cm³/mol. The van der Waals surface area contributed by atoms with Gasteiger partial charge in [0.1, 0.15) is 10.3 Å². The number of esters is 1. The number of carbonyl (C=O) groups excluding carboxylic acids is 1. The molecule has 2 atom stereocenters. The second-order valence-corrected chi connectivity index (χ2v) is 5.87. The maximum Gasteiger partial charge on any atom is 0.309 e. The minimum Gasteiger partial charge on any atom is -0.469 e. The van der Waals surface area contributed by atoms with Crippen molar-refractivity contribution >= 4 is 29.2 Å². The lowest BCUT2D eigenvalue weighted by atomic mass is 10.0. The first-order valence-electron chi connectivity index (χ1n) is 6.59. The van der Waals surface area contributed by atoms with Gasteiger partial charge in [0.25, 0.3) is 0 Å². The van der Waals surface area contributed by atoms with Gasteiger partial charge < -0.3 is 4.74 Å². The van der Waals surface area contributed by atoms with Crippen molar-refractivity contribution in [1.82, 2.24) is 4.98 Å².